The van der Waals surface area contributed by atoms with E-state index in [1.807, 2.05) is 19.1 Å². The number of piperazine rings is 1. The number of piperidine rings is 1. The number of aromatic nitrogens is 3. The van der Waals surface area contributed by atoms with E-state index in [0.717, 1.165) is 61.5 Å². The van der Waals surface area contributed by atoms with Crippen LogP contribution in [0.25, 0.3) is 11.0 Å². The van der Waals surface area contributed by atoms with Gasteiger partial charge in [-0.3, -0.25) is 14.6 Å². The van der Waals surface area contributed by atoms with Gasteiger partial charge in [0.05, 0.1) is 42.5 Å². The molecule has 1 spiro atoms. The first kappa shape index (κ1) is 50.6. The fourth-order valence-electron chi connectivity index (χ4n) is 11.2. The van der Waals surface area contributed by atoms with Crippen molar-refractivity contribution in [3.8, 4) is 11.5 Å². The predicted octanol–water partition coefficient (Wildman–Crippen LogP) is 7.80. The minimum Gasteiger partial charge on any atom is -0.629 e. The number of hydrogen-bond acceptors (Lipinski definition) is 12. The van der Waals surface area contributed by atoms with Crippen LogP contribution in [0.1, 0.15) is 106 Å². The highest BCUT2D eigenvalue weighted by molar-refractivity contribution is 7.90. The van der Waals surface area contributed by atoms with Crippen molar-refractivity contribution in [3.05, 3.63) is 101 Å². The van der Waals surface area contributed by atoms with E-state index in [4.69, 9.17) is 4.74 Å². The van der Waals surface area contributed by atoms with Gasteiger partial charge >= 0.3 is 6.18 Å². The molecule has 5 N–H and O–H groups in total. The summed E-state index contributed by atoms with van der Waals surface area (Å²) in [6.07, 6.45) is 5.79. The molecule has 1 unspecified atom stereocenters. The molecule has 5 aromatic rings. The average Bonchev–Trinajstić information content (AvgIpc) is 3.68. The number of anilines is 2. The Morgan fingerprint density at radius 2 is 1.75 bits per heavy atom. The Balaban J connectivity index is 0.905. The Hall–Kier alpha value is -5.38. The van der Waals surface area contributed by atoms with Crippen molar-refractivity contribution in [1.29, 1.82) is 0 Å². The summed E-state index contributed by atoms with van der Waals surface area (Å²) in [5, 5.41) is 26.0. The fraction of sp³-hybridized carbons (Fsp3) is 0.510. The Kier molecular flexibility index (Phi) is 14.2. The molecule has 0 radical (unpaired) electrons. The van der Waals surface area contributed by atoms with E-state index in [-0.39, 0.29) is 68.9 Å². The monoisotopic (exact) mass is 1010 g/mol. The van der Waals surface area contributed by atoms with Crippen LogP contribution < -0.4 is 24.7 Å². The van der Waals surface area contributed by atoms with Crippen LogP contribution in [0.15, 0.2) is 78.1 Å². The molecule has 71 heavy (non-hydrogen) atoms. The van der Waals surface area contributed by atoms with Crippen molar-refractivity contribution in [3.63, 3.8) is 0 Å². The van der Waals surface area contributed by atoms with E-state index in [1.165, 1.54) is 42.5 Å². The molecule has 1 amide bonds. The number of aromatic amines is 1. The molecular weight excluding hydrogens is 943 g/mol. The Morgan fingerprint density at radius 1 is 1.01 bits per heavy atom. The number of alkyl halides is 3. The van der Waals surface area contributed by atoms with E-state index in [0.29, 0.717) is 52.1 Å². The third-order valence-electron chi connectivity index (χ3n) is 15.3. The Bertz CT molecular complexity index is 2830. The van der Waals surface area contributed by atoms with E-state index in [9.17, 15) is 41.1 Å². The normalized spacial score (nSPS) is 22.9. The van der Waals surface area contributed by atoms with Crippen LogP contribution in [0, 0.1) is 22.4 Å². The van der Waals surface area contributed by atoms with Crippen molar-refractivity contribution in [2.45, 2.75) is 107 Å². The molecule has 4 aliphatic rings. The van der Waals surface area contributed by atoms with Crippen LogP contribution in [0.5, 0.6) is 11.5 Å². The number of nitrogens with one attached hydrogen (secondary N) is 4. The number of carbonyl (C=O) groups excluding carboxylic acids is 1. The summed E-state index contributed by atoms with van der Waals surface area (Å²) in [6, 6.07) is 15.7. The van der Waals surface area contributed by atoms with Crippen LogP contribution >= 0.6 is 0 Å². The number of hydrogen-bond donors (Lipinski definition) is 5. The van der Waals surface area contributed by atoms with Gasteiger partial charge in [0.2, 0.25) is 0 Å². The minimum atomic E-state index is -4.59. The molecule has 2 saturated heterocycles. The lowest BCUT2D eigenvalue weighted by Gasteiger charge is -2.58. The van der Waals surface area contributed by atoms with Crippen molar-refractivity contribution in [2.24, 2.45) is 11.3 Å². The highest BCUT2D eigenvalue weighted by Gasteiger charge is 2.50. The number of pyridine rings is 2. The van der Waals surface area contributed by atoms with Gasteiger partial charge in [0, 0.05) is 75.4 Å². The first-order valence-corrected chi connectivity index (χ1v) is 26.0. The smallest absolute Gasteiger partial charge is 0.401 e. The van der Waals surface area contributed by atoms with E-state index >= 15 is 0 Å². The van der Waals surface area contributed by atoms with Gasteiger partial charge in [-0.05, 0) is 105 Å². The molecule has 2 aliphatic carbocycles. The number of quaternary nitrogens is 1. The second kappa shape index (κ2) is 19.9. The molecule has 2 saturated carbocycles. The van der Waals surface area contributed by atoms with Crippen molar-refractivity contribution < 1.29 is 45.7 Å². The summed E-state index contributed by atoms with van der Waals surface area (Å²) in [6.45, 7) is 8.16. The van der Waals surface area contributed by atoms with Crippen LogP contribution in [-0.2, 0) is 10.0 Å². The van der Waals surface area contributed by atoms with Crippen LogP contribution in [0.4, 0.5) is 34.8 Å². The van der Waals surface area contributed by atoms with Crippen molar-refractivity contribution in [1.82, 2.24) is 29.5 Å². The quantitative estimate of drug-likeness (QED) is 0.0539. The lowest BCUT2D eigenvalue weighted by atomic mass is 9.59. The highest BCUT2D eigenvalue weighted by Crippen LogP contribution is 2.53. The van der Waals surface area contributed by atoms with Crippen LogP contribution in [0.2, 0.25) is 0 Å². The number of carbonyl (C=O) groups is 1. The summed E-state index contributed by atoms with van der Waals surface area (Å²) >= 11 is 0. The zero-order chi connectivity index (χ0) is 50.5. The summed E-state index contributed by atoms with van der Waals surface area (Å²) in [7, 11) is -3.29. The maximum absolute atomic E-state index is 14.7. The molecule has 20 heteroatoms. The number of nitrogens with zero attached hydrogens (tertiary/aromatic N) is 5. The van der Waals surface area contributed by atoms with Crippen LogP contribution in [-0.4, -0.2) is 115 Å². The first-order chi connectivity index (χ1) is 33.6. The average molecular weight is 1010 g/mol. The Morgan fingerprint density at radius 3 is 2.45 bits per heavy atom. The third kappa shape index (κ3) is 11.3. The maximum atomic E-state index is 14.7. The van der Waals surface area contributed by atoms with Crippen LogP contribution in [0.3, 0.4) is 0 Å². The molecule has 4 fully saturated rings. The number of rotatable bonds is 14. The molecule has 2 aliphatic heterocycles. The number of aliphatic hydroxyl groups is 1. The zero-order valence-electron chi connectivity index (χ0n) is 40.5. The molecule has 2 atom stereocenters. The molecule has 2 aromatic carbocycles. The molecule has 382 valence electrons. The number of halogens is 4. The second-order valence-corrected chi connectivity index (χ2v) is 22.5. The predicted molar refractivity (Wildman–Crippen MR) is 262 cm³/mol. The minimum absolute atomic E-state index is 0.00000188. The molecule has 0 bridgehead atoms. The number of benzene rings is 2. The van der Waals surface area contributed by atoms with Gasteiger partial charge < -0.3 is 35.3 Å². The zero-order valence-corrected chi connectivity index (χ0v) is 41.3. The summed E-state index contributed by atoms with van der Waals surface area (Å²) in [5.74, 6) is -0.797. The van der Waals surface area contributed by atoms with Crippen molar-refractivity contribution >= 4 is 44.2 Å². The van der Waals surface area contributed by atoms with E-state index < -0.39 is 50.0 Å². The van der Waals surface area contributed by atoms with E-state index in [1.54, 1.807) is 12.1 Å². The fourth-order valence-corrected chi connectivity index (χ4v) is 12.2. The highest BCUT2D eigenvalue weighted by atomic mass is 32.2. The van der Waals surface area contributed by atoms with Gasteiger partial charge in [0.15, 0.2) is 11.5 Å². The SMILES string of the molecule is CC(C)c1ccccc1[C@@H]1CN(CC(F)(F)F)CCN1C1CC2(CCN(c3ccc(C(=O)NS(=O)(=O)c4cnc(NCC5CCC(C)(O)CC5)c([NH+](C)[O-])c4)c(Oc4cnc5[nH]cc(F)c5c4)c3)CC2)C1. The third-order valence-corrected chi connectivity index (χ3v) is 16.6. The van der Waals surface area contributed by atoms with Gasteiger partial charge in [-0.2, -0.15) is 13.2 Å². The lowest BCUT2D eigenvalue weighted by molar-refractivity contribution is -0.751. The topological polar surface area (TPSA) is 184 Å². The Labute approximate surface area is 411 Å². The molecule has 3 aromatic heterocycles. The number of H-pyrrole nitrogens is 1. The summed E-state index contributed by atoms with van der Waals surface area (Å²) in [5.41, 5.74) is 2.52. The molecular formula is C51H63F4N9O6S. The lowest BCUT2D eigenvalue weighted by Crippen LogP contribution is -2.98. The van der Waals surface area contributed by atoms with Gasteiger partial charge in [-0.25, -0.2) is 27.5 Å². The first-order valence-electron chi connectivity index (χ1n) is 24.5. The number of hydroxylamine groups is 1. The molecule has 9 rings (SSSR count). The molecule has 5 heterocycles. The number of fused-ring (bicyclic) bond motifs is 1. The van der Waals surface area contributed by atoms with Gasteiger partial charge in [-0.1, -0.05) is 38.1 Å². The largest absolute Gasteiger partial charge is 0.629 e. The molecule has 15 nitrogen and oxygen atoms in total. The van der Waals surface area contributed by atoms with E-state index in [2.05, 4.69) is 60.8 Å². The number of sulfonamides is 1. The van der Waals surface area contributed by atoms with Gasteiger partial charge in [0.25, 0.3) is 15.9 Å². The number of ether oxygens (including phenoxy) is 1. The van der Waals surface area contributed by atoms with Gasteiger partial charge in [-0.15, -0.1) is 0 Å². The summed E-state index contributed by atoms with van der Waals surface area (Å²) < 4.78 is 91.6. The maximum Gasteiger partial charge on any atom is 0.401 e. The van der Waals surface area contributed by atoms with Gasteiger partial charge in [0.1, 0.15) is 27.9 Å². The number of amides is 1. The summed E-state index contributed by atoms with van der Waals surface area (Å²) in [4.78, 5) is 31.1. The second-order valence-electron chi connectivity index (χ2n) is 20.8. The standard InChI is InChI=1S/C51H63F4N9O6S/c1-32(2)38-7-5-6-8-39(38)44-30-62(31-51(53,54)55)19-20-64(44)35-24-50(25-35)15-17-63(18-16-50)34-9-10-40(45(21-34)70-36-22-41-42(52)29-59-46(41)57-27-36)48(65)60-71(68,69)37-23-43(61(4)67)47(58-28-37)56-26-33-11-13-49(3,66)14-12-33/h5-10,21-23,27-29,32-33,35,44,61,66H,11-20,24-26,30-31H2,1-4H3,(H,56,58)(H,57,59)(H,60,65)/t33?,44-,49?/m0/s1. The van der Waals surface area contributed by atoms with Crippen molar-refractivity contribution in [2.75, 3.05) is 63.1 Å².